The van der Waals surface area contributed by atoms with Crippen LogP contribution in [0.15, 0.2) is 17.5 Å². The molecule has 1 N–H and O–H groups in total. The number of carboxylic acid groups (broad SMARTS) is 1. The van der Waals surface area contributed by atoms with E-state index in [1.165, 1.54) is 0 Å². The number of carbonyl (C=O) groups is 2. The minimum absolute atomic E-state index is 0.0311. The molecule has 0 bridgehead atoms. The van der Waals surface area contributed by atoms with Crippen molar-refractivity contribution in [2.75, 3.05) is 13.1 Å². The van der Waals surface area contributed by atoms with Crippen LogP contribution in [0.4, 0.5) is 0 Å². The van der Waals surface area contributed by atoms with Gasteiger partial charge in [-0.2, -0.15) is 0 Å². The van der Waals surface area contributed by atoms with Crippen molar-refractivity contribution in [3.8, 4) is 0 Å². The van der Waals surface area contributed by atoms with Crippen molar-refractivity contribution in [2.45, 2.75) is 19.8 Å². The summed E-state index contributed by atoms with van der Waals surface area (Å²) in [4.78, 5) is 25.9. The first-order valence-electron chi connectivity index (χ1n) is 6.11. The second-order valence-corrected chi connectivity index (χ2v) is 5.84. The van der Waals surface area contributed by atoms with Crippen LogP contribution in [0.3, 0.4) is 0 Å². The summed E-state index contributed by atoms with van der Waals surface area (Å²) in [6, 6.07) is 3.89. The van der Waals surface area contributed by atoms with Crippen molar-refractivity contribution in [1.82, 2.24) is 4.90 Å². The maximum Gasteiger partial charge on any atom is 0.306 e. The number of carbonyl (C=O) groups excluding carboxylic acids is 1. The Morgan fingerprint density at radius 1 is 1.56 bits per heavy atom. The predicted octanol–water partition coefficient (Wildman–Crippen LogP) is 1.86. The van der Waals surface area contributed by atoms with Gasteiger partial charge < -0.3 is 10.0 Å². The standard InChI is InChI=1S/C13H17NO3S/c1-9-8-14(5-4-11(9)13(16)17)12(15)7-10-3-2-6-18-10/h2-3,6,9,11H,4-5,7-8H2,1H3,(H,16,17). The van der Waals surface area contributed by atoms with Gasteiger partial charge in [-0.15, -0.1) is 11.3 Å². The Hall–Kier alpha value is -1.36. The highest BCUT2D eigenvalue weighted by Crippen LogP contribution is 2.24. The summed E-state index contributed by atoms with van der Waals surface area (Å²) in [5, 5.41) is 11.0. The Bertz CT molecular complexity index is 429. The third-order valence-electron chi connectivity index (χ3n) is 3.48. The van der Waals surface area contributed by atoms with Gasteiger partial charge in [0, 0.05) is 18.0 Å². The van der Waals surface area contributed by atoms with Gasteiger partial charge >= 0.3 is 5.97 Å². The molecule has 0 saturated carbocycles. The van der Waals surface area contributed by atoms with E-state index in [1.807, 2.05) is 24.4 Å². The van der Waals surface area contributed by atoms with E-state index >= 15 is 0 Å². The quantitative estimate of drug-likeness (QED) is 0.909. The van der Waals surface area contributed by atoms with Gasteiger partial charge in [-0.1, -0.05) is 13.0 Å². The highest BCUT2D eigenvalue weighted by atomic mass is 32.1. The Labute approximate surface area is 110 Å². The molecule has 0 radical (unpaired) electrons. The average Bonchev–Trinajstić information content (AvgIpc) is 2.81. The van der Waals surface area contributed by atoms with E-state index in [1.54, 1.807) is 16.2 Å². The lowest BCUT2D eigenvalue weighted by Crippen LogP contribution is -2.45. The molecule has 0 spiro atoms. The summed E-state index contributed by atoms with van der Waals surface area (Å²) in [6.45, 7) is 3.02. The van der Waals surface area contributed by atoms with E-state index in [-0.39, 0.29) is 17.7 Å². The monoisotopic (exact) mass is 267 g/mol. The average molecular weight is 267 g/mol. The number of rotatable bonds is 3. The molecule has 1 saturated heterocycles. The van der Waals surface area contributed by atoms with Gasteiger partial charge in [0.1, 0.15) is 0 Å². The van der Waals surface area contributed by atoms with Crippen LogP contribution in [0, 0.1) is 11.8 Å². The molecule has 18 heavy (non-hydrogen) atoms. The molecular weight excluding hydrogens is 250 g/mol. The van der Waals surface area contributed by atoms with Gasteiger partial charge in [0.25, 0.3) is 0 Å². The van der Waals surface area contributed by atoms with E-state index in [0.717, 1.165) is 4.88 Å². The molecule has 2 unspecified atom stereocenters. The van der Waals surface area contributed by atoms with Crippen molar-refractivity contribution in [3.05, 3.63) is 22.4 Å². The molecule has 98 valence electrons. The SMILES string of the molecule is CC1CN(C(=O)Cc2cccs2)CCC1C(=O)O. The number of carboxylic acids is 1. The summed E-state index contributed by atoms with van der Waals surface area (Å²) in [5.41, 5.74) is 0. The number of hydrogen-bond acceptors (Lipinski definition) is 3. The molecule has 0 aliphatic carbocycles. The van der Waals surface area contributed by atoms with E-state index in [4.69, 9.17) is 5.11 Å². The third kappa shape index (κ3) is 2.90. The van der Waals surface area contributed by atoms with Crippen molar-refractivity contribution < 1.29 is 14.7 Å². The fourth-order valence-corrected chi connectivity index (χ4v) is 3.11. The molecular formula is C13H17NO3S. The molecule has 1 aliphatic heterocycles. The van der Waals surface area contributed by atoms with Gasteiger partial charge in [0.05, 0.1) is 12.3 Å². The Balaban J connectivity index is 1.92. The van der Waals surface area contributed by atoms with Crippen LogP contribution in [0.2, 0.25) is 0 Å². The molecule has 2 heterocycles. The molecule has 2 atom stereocenters. The van der Waals surface area contributed by atoms with E-state index in [0.29, 0.717) is 25.9 Å². The normalized spacial score (nSPS) is 23.9. The molecule has 1 fully saturated rings. The summed E-state index contributed by atoms with van der Waals surface area (Å²) in [7, 11) is 0. The number of amides is 1. The molecule has 4 nitrogen and oxygen atoms in total. The van der Waals surface area contributed by atoms with Crippen molar-refractivity contribution >= 4 is 23.2 Å². The van der Waals surface area contributed by atoms with Crippen molar-refractivity contribution in [1.29, 1.82) is 0 Å². The number of piperidine rings is 1. The van der Waals surface area contributed by atoms with Gasteiger partial charge in [0.2, 0.25) is 5.91 Å². The fourth-order valence-electron chi connectivity index (χ4n) is 2.41. The molecule has 0 aromatic carbocycles. The van der Waals surface area contributed by atoms with Crippen molar-refractivity contribution in [2.24, 2.45) is 11.8 Å². The number of likely N-dealkylation sites (tertiary alicyclic amines) is 1. The fraction of sp³-hybridized carbons (Fsp3) is 0.538. The number of thiophene rings is 1. The first kappa shape index (κ1) is 13.1. The molecule has 5 heteroatoms. The first-order valence-corrected chi connectivity index (χ1v) is 6.99. The number of hydrogen-bond donors (Lipinski definition) is 1. The zero-order valence-corrected chi connectivity index (χ0v) is 11.2. The molecule has 1 aromatic rings. The Kier molecular flexibility index (Phi) is 4.01. The molecule has 1 aliphatic rings. The van der Waals surface area contributed by atoms with Crippen LogP contribution in [-0.4, -0.2) is 35.0 Å². The largest absolute Gasteiger partial charge is 0.481 e. The maximum absolute atomic E-state index is 12.1. The highest BCUT2D eigenvalue weighted by molar-refractivity contribution is 7.10. The van der Waals surface area contributed by atoms with E-state index in [2.05, 4.69) is 0 Å². The third-order valence-corrected chi connectivity index (χ3v) is 4.36. The summed E-state index contributed by atoms with van der Waals surface area (Å²) < 4.78 is 0. The lowest BCUT2D eigenvalue weighted by atomic mass is 9.87. The van der Waals surface area contributed by atoms with Gasteiger partial charge in [0.15, 0.2) is 0 Å². The van der Waals surface area contributed by atoms with Crippen LogP contribution in [-0.2, 0) is 16.0 Å². The Morgan fingerprint density at radius 3 is 2.89 bits per heavy atom. The van der Waals surface area contributed by atoms with Gasteiger partial charge in [-0.25, -0.2) is 0 Å². The molecule has 1 aromatic heterocycles. The van der Waals surface area contributed by atoms with Gasteiger partial charge in [-0.05, 0) is 23.8 Å². The topological polar surface area (TPSA) is 57.6 Å². The van der Waals surface area contributed by atoms with Crippen LogP contribution in [0.5, 0.6) is 0 Å². The second kappa shape index (κ2) is 5.52. The molecule has 1 amide bonds. The minimum Gasteiger partial charge on any atom is -0.481 e. The van der Waals surface area contributed by atoms with Gasteiger partial charge in [-0.3, -0.25) is 9.59 Å². The highest BCUT2D eigenvalue weighted by Gasteiger charge is 2.32. The zero-order valence-electron chi connectivity index (χ0n) is 10.3. The number of nitrogens with zero attached hydrogens (tertiary/aromatic N) is 1. The van der Waals surface area contributed by atoms with Crippen LogP contribution >= 0.6 is 11.3 Å². The van der Waals surface area contributed by atoms with E-state index < -0.39 is 5.97 Å². The van der Waals surface area contributed by atoms with Crippen molar-refractivity contribution in [3.63, 3.8) is 0 Å². The second-order valence-electron chi connectivity index (χ2n) is 4.81. The molecule has 2 rings (SSSR count). The maximum atomic E-state index is 12.1. The first-order chi connectivity index (χ1) is 8.58. The van der Waals surface area contributed by atoms with E-state index in [9.17, 15) is 9.59 Å². The lowest BCUT2D eigenvalue weighted by Gasteiger charge is -2.34. The Morgan fingerprint density at radius 2 is 2.33 bits per heavy atom. The lowest BCUT2D eigenvalue weighted by molar-refractivity contribution is -0.148. The summed E-state index contributed by atoms with van der Waals surface area (Å²) in [6.07, 6.45) is 0.995. The van der Waals surface area contributed by atoms with Crippen LogP contribution in [0.1, 0.15) is 18.2 Å². The summed E-state index contributed by atoms with van der Waals surface area (Å²) >= 11 is 1.58. The van der Waals surface area contributed by atoms with Crippen LogP contribution in [0.25, 0.3) is 0 Å². The predicted molar refractivity (Wildman–Crippen MR) is 69.5 cm³/mol. The summed E-state index contributed by atoms with van der Waals surface area (Å²) in [5.74, 6) is -0.916. The van der Waals surface area contributed by atoms with Crippen LogP contribution < -0.4 is 0 Å². The smallest absolute Gasteiger partial charge is 0.306 e. The minimum atomic E-state index is -0.743. The number of aliphatic carboxylic acids is 1. The zero-order chi connectivity index (χ0) is 13.1.